The van der Waals surface area contributed by atoms with E-state index in [9.17, 15) is 9.59 Å². The molecule has 0 N–H and O–H groups in total. The minimum atomic E-state index is -0.0525. The van der Waals surface area contributed by atoms with Crippen LogP contribution in [-0.2, 0) is 6.54 Å². The standard InChI is InChI=1S/C20H18N4O2S/c25-19-15-6-3-9-23(15)16-12-22(20(26)18-7-4-10-27-18)13-17(16)24(19)11-14-5-1-2-8-21-14/h1-10,16-17H,11-13H2. The second kappa shape index (κ2) is 6.35. The first-order valence-electron chi connectivity index (χ1n) is 8.93. The van der Waals surface area contributed by atoms with Gasteiger partial charge in [0.25, 0.3) is 11.8 Å². The molecule has 0 radical (unpaired) electrons. The first kappa shape index (κ1) is 16.3. The molecule has 0 aliphatic carbocycles. The highest BCUT2D eigenvalue weighted by Gasteiger charge is 2.46. The van der Waals surface area contributed by atoms with E-state index in [2.05, 4.69) is 4.98 Å². The summed E-state index contributed by atoms with van der Waals surface area (Å²) in [7, 11) is 0. The molecule has 27 heavy (non-hydrogen) atoms. The van der Waals surface area contributed by atoms with Crippen LogP contribution < -0.4 is 0 Å². The van der Waals surface area contributed by atoms with Gasteiger partial charge in [0.05, 0.1) is 29.2 Å². The maximum Gasteiger partial charge on any atom is 0.271 e. The van der Waals surface area contributed by atoms with Gasteiger partial charge in [0.2, 0.25) is 0 Å². The molecule has 5 rings (SSSR count). The Bertz CT molecular complexity index is 983. The summed E-state index contributed by atoms with van der Waals surface area (Å²) >= 11 is 1.45. The molecule has 2 unspecified atom stereocenters. The summed E-state index contributed by atoms with van der Waals surface area (Å²) in [5, 5.41) is 1.91. The van der Waals surface area contributed by atoms with Crippen LogP contribution >= 0.6 is 11.3 Å². The van der Waals surface area contributed by atoms with Crippen molar-refractivity contribution in [3.05, 3.63) is 76.5 Å². The number of thiophene rings is 1. The number of carbonyl (C=O) groups is 2. The van der Waals surface area contributed by atoms with Crippen molar-refractivity contribution in [3.63, 3.8) is 0 Å². The molecule has 2 atom stereocenters. The third-order valence-corrected chi connectivity index (χ3v) is 6.21. The van der Waals surface area contributed by atoms with Gasteiger partial charge in [-0.05, 0) is 35.7 Å². The van der Waals surface area contributed by atoms with Gasteiger partial charge < -0.3 is 14.4 Å². The number of fused-ring (bicyclic) bond motifs is 3. The summed E-state index contributed by atoms with van der Waals surface area (Å²) in [6.45, 7) is 1.60. The molecule has 1 saturated heterocycles. The average molecular weight is 378 g/mol. The topological polar surface area (TPSA) is 58.4 Å². The van der Waals surface area contributed by atoms with E-state index in [1.165, 1.54) is 11.3 Å². The SMILES string of the molecule is O=C(c1cccs1)N1CC2C(C1)n1cccc1C(=O)N2Cc1ccccn1. The number of rotatable bonds is 3. The van der Waals surface area contributed by atoms with Crippen LogP contribution in [0.25, 0.3) is 0 Å². The Morgan fingerprint density at radius 3 is 2.78 bits per heavy atom. The Morgan fingerprint density at radius 1 is 1.11 bits per heavy atom. The van der Waals surface area contributed by atoms with Gasteiger partial charge in [0, 0.05) is 25.5 Å². The van der Waals surface area contributed by atoms with Crippen LogP contribution in [0, 0.1) is 0 Å². The van der Waals surface area contributed by atoms with Crippen LogP contribution in [0.2, 0.25) is 0 Å². The monoisotopic (exact) mass is 378 g/mol. The third-order valence-electron chi connectivity index (χ3n) is 5.35. The van der Waals surface area contributed by atoms with E-state index in [4.69, 9.17) is 0 Å². The molecule has 136 valence electrons. The molecule has 7 heteroatoms. The van der Waals surface area contributed by atoms with E-state index in [1.807, 2.05) is 68.4 Å². The number of hydrogen-bond acceptors (Lipinski definition) is 4. The van der Waals surface area contributed by atoms with Gasteiger partial charge in [-0.15, -0.1) is 11.3 Å². The minimum Gasteiger partial charge on any atom is -0.337 e. The number of hydrogen-bond donors (Lipinski definition) is 0. The third kappa shape index (κ3) is 2.66. The van der Waals surface area contributed by atoms with Gasteiger partial charge in [0.1, 0.15) is 5.69 Å². The maximum absolute atomic E-state index is 13.1. The number of nitrogens with zero attached hydrogens (tertiary/aromatic N) is 4. The summed E-state index contributed by atoms with van der Waals surface area (Å²) in [6.07, 6.45) is 3.69. The number of pyridine rings is 1. The largest absolute Gasteiger partial charge is 0.337 e. The highest BCUT2D eigenvalue weighted by Crippen LogP contribution is 2.35. The Labute approximate surface area is 160 Å². The molecule has 3 aromatic rings. The Hall–Kier alpha value is -2.93. The molecule has 2 aliphatic rings. The Morgan fingerprint density at radius 2 is 2.00 bits per heavy atom. The van der Waals surface area contributed by atoms with Crippen molar-refractivity contribution in [1.82, 2.24) is 19.4 Å². The molecule has 0 aromatic carbocycles. The zero-order chi connectivity index (χ0) is 18.4. The zero-order valence-corrected chi connectivity index (χ0v) is 15.4. The number of aromatic nitrogens is 2. The normalized spacial score (nSPS) is 21.3. The first-order valence-corrected chi connectivity index (χ1v) is 9.81. The smallest absolute Gasteiger partial charge is 0.271 e. The van der Waals surface area contributed by atoms with E-state index in [-0.39, 0.29) is 23.9 Å². The van der Waals surface area contributed by atoms with Crippen LogP contribution in [-0.4, -0.2) is 50.3 Å². The van der Waals surface area contributed by atoms with Crippen LogP contribution in [0.3, 0.4) is 0 Å². The van der Waals surface area contributed by atoms with Gasteiger partial charge in [-0.25, -0.2) is 0 Å². The Balaban J connectivity index is 1.48. The average Bonchev–Trinajstić information content (AvgIpc) is 3.45. The maximum atomic E-state index is 13.1. The Kier molecular flexibility index (Phi) is 3.82. The lowest BCUT2D eigenvalue weighted by Crippen LogP contribution is -2.50. The fourth-order valence-corrected chi connectivity index (χ4v) is 4.78. The number of likely N-dealkylation sites (tertiary alicyclic amines) is 1. The molecule has 0 saturated carbocycles. The molecule has 2 amide bonds. The van der Waals surface area contributed by atoms with E-state index < -0.39 is 0 Å². The fraction of sp³-hybridized carbons (Fsp3) is 0.250. The molecule has 1 fully saturated rings. The van der Waals surface area contributed by atoms with Crippen molar-refractivity contribution < 1.29 is 9.59 Å². The summed E-state index contributed by atoms with van der Waals surface area (Å²) in [5.74, 6) is 0.0377. The second-order valence-electron chi connectivity index (χ2n) is 6.88. The van der Waals surface area contributed by atoms with Crippen LogP contribution in [0.1, 0.15) is 31.9 Å². The van der Waals surface area contributed by atoms with Gasteiger partial charge in [0.15, 0.2) is 0 Å². The van der Waals surface area contributed by atoms with Gasteiger partial charge >= 0.3 is 0 Å². The summed E-state index contributed by atoms with van der Waals surface area (Å²) in [5.41, 5.74) is 1.53. The predicted molar refractivity (Wildman–Crippen MR) is 102 cm³/mol. The quantitative estimate of drug-likeness (QED) is 0.704. The highest BCUT2D eigenvalue weighted by molar-refractivity contribution is 7.12. The highest BCUT2D eigenvalue weighted by atomic mass is 32.1. The van der Waals surface area contributed by atoms with Gasteiger partial charge in [-0.3, -0.25) is 14.6 Å². The van der Waals surface area contributed by atoms with Crippen molar-refractivity contribution in [3.8, 4) is 0 Å². The lowest BCUT2D eigenvalue weighted by molar-refractivity contribution is 0.0547. The first-order chi connectivity index (χ1) is 13.2. The number of carbonyl (C=O) groups excluding carboxylic acids is 2. The lowest BCUT2D eigenvalue weighted by Gasteiger charge is -2.37. The van der Waals surface area contributed by atoms with E-state index in [1.54, 1.807) is 6.20 Å². The number of amides is 2. The predicted octanol–water partition coefficient (Wildman–Crippen LogP) is 2.67. The second-order valence-corrected chi connectivity index (χ2v) is 7.82. The molecular formula is C20H18N4O2S. The van der Waals surface area contributed by atoms with Crippen molar-refractivity contribution in [1.29, 1.82) is 0 Å². The minimum absolute atomic E-state index is 0.00248. The van der Waals surface area contributed by atoms with Gasteiger partial charge in [-0.2, -0.15) is 0 Å². The fourth-order valence-electron chi connectivity index (χ4n) is 4.09. The van der Waals surface area contributed by atoms with Crippen molar-refractivity contribution in [2.24, 2.45) is 0 Å². The van der Waals surface area contributed by atoms with Crippen LogP contribution in [0.15, 0.2) is 60.2 Å². The van der Waals surface area contributed by atoms with Gasteiger partial charge in [-0.1, -0.05) is 12.1 Å². The molecular weight excluding hydrogens is 360 g/mol. The van der Waals surface area contributed by atoms with E-state index >= 15 is 0 Å². The molecule has 0 spiro atoms. The van der Waals surface area contributed by atoms with Crippen LogP contribution in [0.4, 0.5) is 0 Å². The lowest BCUT2D eigenvalue weighted by atomic mass is 10.1. The van der Waals surface area contributed by atoms with Crippen molar-refractivity contribution in [2.45, 2.75) is 18.6 Å². The molecule has 5 heterocycles. The van der Waals surface area contributed by atoms with Crippen molar-refractivity contribution in [2.75, 3.05) is 13.1 Å². The van der Waals surface area contributed by atoms with Crippen molar-refractivity contribution >= 4 is 23.2 Å². The summed E-state index contributed by atoms with van der Waals surface area (Å²) in [4.78, 5) is 34.8. The summed E-state index contributed by atoms with van der Waals surface area (Å²) < 4.78 is 2.03. The molecule has 0 bridgehead atoms. The molecule has 6 nitrogen and oxygen atoms in total. The zero-order valence-electron chi connectivity index (χ0n) is 14.6. The van der Waals surface area contributed by atoms with E-state index in [0.29, 0.717) is 25.3 Å². The van der Waals surface area contributed by atoms with Crippen LogP contribution in [0.5, 0.6) is 0 Å². The summed E-state index contributed by atoms with van der Waals surface area (Å²) in [6, 6.07) is 13.2. The molecule has 3 aromatic heterocycles. The van der Waals surface area contributed by atoms with E-state index in [0.717, 1.165) is 10.6 Å². The molecule has 2 aliphatic heterocycles.